The number of amides is 1. The lowest BCUT2D eigenvalue weighted by Gasteiger charge is -2.19. The van der Waals surface area contributed by atoms with E-state index in [9.17, 15) is 13.2 Å². The van der Waals surface area contributed by atoms with Crippen molar-refractivity contribution in [2.75, 3.05) is 19.3 Å². The summed E-state index contributed by atoms with van der Waals surface area (Å²) in [6.07, 6.45) is 6.18. The van der Waals surface area contributed by atoms with Crippen LogP contribution in [0.3, 0.4) is 0 Å². The number of aromatic nitrogens is 1. The van der Waals surface area contributed by atoms with E-state index in [2.05, 4.69) is 10.3 Å². The summed E-state index contributed by atoms with van der Waals surface area (Å²) in [4.78, 5) is 15.9. The Hall–Kier alpha value is -2.25. The first-order chi connectivity index (χ1) is 12.4. The number of benzene rings is 1. The highest BCUT2D eigenvalue weighted by Crippen LogP contribution is 2.07. The van der Waals surface area contributed by atoms with E-state index in [1.807, 2.05) is 42.5 Å². The van der Waals surface area contributed by atoms with Crippen molar-refractivity contribution in [3.05, 3.63) is 66.0 Å². The van der Waals surface area contributed by atoms with Gasteiger partial charge in [-0.25, -0.2) is 12.7 Å². The minimum absolute atomic E-state index is 0.142. The summed E-state index contributed by atoms with van der Waals surface area (Å²) in [5.74, 6) is -0.168. The molecule has 140 valence electrons. The molecule has 1 N–H and O–H groups in total. The summed E-state index contributed by atoms with van der Waals surface area (Å²) in [5, 5.41) is 2.80. The minimum Gasteiger partial charge on any atom is -0.352 e. The molecule has 1 aromatic carbocycles. The van der Waals surface area contributed by atoms with Crippen molar-refractivity contribution in [3.63, 3.8) is 0 Å². The van der Waals surface area contributed by atoms with Crippen molar-refractivity contribution in [2.24, 2.45) is 0 Å². The first-order valence-electron chi connectivity index (χ1n) is 8.60. The summed E-state index contributed by atoms with van der Waals surface area (Å²) in [5.41, 5.74) is 2.13. The summed E-state index contributed by atoms with van der Waals surface area (Å²) >= 11 is 0. The highest BCUT2D eigenvalue weighted by atomic mass is 32.2. The SMILES string of the molecule is CS(=O)(=O)N(CCCc1ccccc1)CCC(=O)NCc1ccncc1. The van der Waals surface area contributed by atoms with E-state index >= 15 is 0 Å². The van der Waals surface area contributed by atoms with Gasteiger partial charge in [-0.3, -0.25) is 9.78 Å². The molecule has 0 saturated heterocycles. The highest BCUT2D eigenvalue weighted by molar-refractivity contribution is 7.88. The number of nitrogens with zero attached hydrogens (tertiary/aromatic N) is 2. The zero-order valence-electron chi connectivity index (χ0n) is 15.0. The van der Waals surface area contributed by atoms with Crippen LogP contribution in [-0.2, 0) is 27.8 Å². The van der Waals surface area contributed by atoms with E-state index in [1.165, 1.54) is 16.1 Å². The molecule has 1 heterocycles. The maximum Gasteiger partial charge on any atom is 0.221 e. The van der Waals surface area contributed by atoms with E-state index < -0.39 is 10.0 Å². The van der Waals surface area contributed by atoms with E-state index in [1.54, 1.807) is 12.4 Å². The second-order valence-corrected chi connectivity index (χ2v) is 8.12. The second kappa shape index (κ2) is 10.0. The standard InChI is InChI=1S/C19H25N3O3S/c1-26(24,25)22(14-5-8-17-6-3-2-4-7-17)15-11-19(23)21-16-18-9-12-20-13-10-18/h2-4,6-7,9-10,12-13H,5,8,11,14-16H2,1H3,(H,21,23). The lowest BCUT2D eigenvalue weighted by molar-refractivity contribution is -0.121. The third kappa shape index (κ3) is 7.33. The lowest BCUT2D eigenvalue weighted by atomic mass is 10.1. The number of pyridine rings is 1. The van der Waals surface area contributed by atoms with Gasteiger partial charge in [0.25, 0.3) is 0 Å². The third-order valence-corrected chi connectivity index (χ3v) is 5.32. The molecule has 6 nitrogen and oxygen atoms in total. The van der Waals surface area contributed by atoms with E-state index in [4.69, 9.17) is 0 Å². The number of rotatable bonds is 10. The molecule has 0 aliphatic heterocycles. The van der Waals surface area contributed by atoms with Crippen LogP contribution in [0.2, 0.25) is 0 Å². The molecule has 0 radical (unpaired) electrons. The van der Waals surface area contributed by atoms with Crippen LogP contribution in [0.4, 0.5) is 0 Å². The van der Waals surface area contributed by atoms with Gasteiger partial charge in [-0.1, -0.05) is 30.3 Å². The first-order valence-corrected chi connectivity index (χ1v) is 10.4. The molecule has 0 saturated carbocycles. The molecule has 0 spiro atoms. The van der Waals surface area contributed by atoms with Crippen molar-refractivity contribution < 1.29 is 13.2 Å². The Morgan fingerprint density at radius 1 is 1.04 bits per heavy atom. The lowest BCUT2D eigenvalue weighted by Crippen LogP contribution is -2.35. The molecule has 0 bridgehead atoms. The van der Waals surface area contributed by atoms with Crippen LogP contribution >= 0.6 is 0 Å². The molecule has 26 heavy (non-hydrogen) atoms. The van der Waals surface area contributed by atoms with Crippen molar-refractivity contribution in [1.82, 2.24) is 14.6 Å². The molecule has 0 aliphatic carbocycles. The zero-order chi connectivity index (χ0) is 18.8. The predicted molar refractivity (Wildman–Crippen MR) is 102 cm³/mol. The normalized spacial score (nSPS) is 11.5. The number of sulfonamides is 1. The Morgan fingerprint density at radius 2 is 1.73 bits per heavy atom. The number of aryl methyl sites for hydroxylation is 1. The minimum atomic E-state index is -3.34. The van der Waals surface area contributed by atoms with Gasteiger partial charge < -0.3 is 5.32 Å². The van der Waals surface area contributed by atoms with Gasteiger partial charge in [0.15, 0.2) is 0 Å². The predicted octanol–water partition coefficient (Wildman–Crippen LogP) is 1.98. The maximum absolute atomic E-state index is 12.0. The quantitative estimate of drug-likeness (QED) is 0.689. The van der Waals surface area contributed by atoms with Crippen LogP contribution in [0.1, 0.15) is 24.0 Å². The van der Waals surface area contributed by atoms with Crippen LogP contribution in [0.15, 0.2) is 54.9 Å². The van der Waals surface area contributed by atoms with Gasteiger partial charge in [0.05, 0.1) is 6.26 Å². The molecule has 1 aromatic heterocycles. The first kappa shape index (κ1) is 20.1. The molecule has 2 rings (SSSR count). The average molecular weight is 375 g/mol. The van der Waals surface area contributed by atoms with Crippen LogP contribution < -0.4 is 5.32 Å². The third-order valence-electron chi connectivity index (χ3n) is 4.01. The molecule has 2 aromatic rings. The topological polar surface area (TPSA) is 79.4 Å². The summed E-state index contributed by atoms with van der Waals surface area (Å²) < 4.78 is 25.3. The number of carbonyl (C=O) groups excluding carboxylic acids is 1. The molecule has 0 unspecified atom stereocenters. The smallest absolute Gasteiger partial charge is 0.221 e. The number of nitrogens with one attached hydrogen (secondary N) is 1. The number of carbonyl (C=O) groups is 1. The summed E-state index contributed by atoms with van der Waals surface area (Å²) in [6, 6.07) is 13.6. The Balaban J connectivity index is 1.77. The molecule has 0 aliphatic rings. The molecule has 0 atom stereocenters. The summed E-state index contributed by atoms with van der Waals surface area (Å²) in [6.45, 7) is 1.01. The fourth-order valence-electron chi connectivity index (χ4n) is 2.56. The van der Waals surface area contributed by atoms with Gasteiger partial charge in [-0.2, -0.15) is 0 Å². The van der Waals surface area contributed by atoms with E-state index in [0.29, 0.717) is 13.1 Å². The largest absolute Gasteiger partial charge is 0.352 e. The Labute approximate surface area is 155 Å². The van der Waals surface area contributed by atoms with Gasteiger partial charge in [0.2, 0.25) is 15.9 Å². The van der Waals surface area contributed by atoms with Gasteiger partial charge in [0.1, 0.15) is 0 Å². The van der Waals surface area contributed by atoms with Gasteiger partial charge >= 0.3 is 0 Å². The maximum atomic E-state index is 12.0. The van der Waals surface area contributed by atoms with Crippen molar-refractivity contribution in [2.45, 2.75) is 25.8 Å². The Kier molecular flexibility index (Phi) is 7.74. The summed E-state index contributed by atoms with van der Waals surface area (Å²) in [7, 11) is -3.34. The van der Waals surface area contributed by atoms with Crippen molar-refractivity contribution in [3.8, 4) is 0 Å². The van der Waals surface area contributed by atoms with Crippen LogP contribution in [-0.4, -0.2) is 43.0 Å². The number of hydrogen-bond acceptors (Lipinski definition) is 4. The second-order valence-electron chi connectivity index (χ2n) is 6.13. The molecular formula is C19H25N3O3S. The molecule has 1 amide bonds. The van der Waals surface area contributed by atoms with Crippen LogP contribution in [0.5, 0.6) is 0 Å². The van der Waals surface area contributed by atoms with Crippen LogP contribution in [0, 0.1) is 0 Å². The van der Waals surface area contributed by atoms with Gasteiger partial charge in [-0.05, 0) is 36.1 Å². The van der Waals surface area contributed by atoms with E-state index in [0.717, 1.165) is 18.4 Å². The molecule has 7 heteroatoms. The monoisotopic (exact) mass is 375 g/mol. The fraction of sp³-hybridized carbons (Fsp3) is 0.368. The van der Waals surface area contributed by atoms with Crippen molar-refractivity contribution in [1.29, 1.82) is 0 Å². The van der Waals surface area contributed by atoms with Gasteiger partial charge in [0, 0.05) is 38.4 Å². The zero-order valence-corrected chi connectivity index (χ0v) is 15.8. The van der Waals surface area contributed by atoms with Crippen molar-refractivity contribution >= 4 is 15.9 Å². The molecule has 0 fully saturated rings. The molecular weight excluding hydrogens is 350 g/mol. The number of hydrogen-bond donors (Lipinski definition) is 1. The van der Waals surface area contributed by atoms with Gasteiger partial charge in [-0.15, -0.1) is 0 Å². The average Bonchev–Trinajstić information content (AvgIpc) is 2.63. The van der Waals surface area contributed by atoms with Crippen LogP contribution in [0.25, 0.3) is 0 Å². The Morgan fingerprint density at radius 3 is 2.38 bits per heavy atom. The fourth-order valence-corrected chi connectivity index (χ4v) is 3.45. The van der Waals surface area contributed by atoms with E-state index in [-0.39, 0.29) is 18.9 Å². The Bertz CT molecular complexity index is 780. The highest BCUT2D eigenvalue weighted by Gasteiger charge is 2.17.